The van der Waals surface area contributed by atoms with Gasteiger partial charge in [0, 0.05) is 0 Å². The van der Waals surface area contributed by atoms with Crippen LogP contribution in [-0.2, 0) is 23.4 Å². The van der Waals surface area contributed by atoms with Crippen LogP contribution in [0.2, 0.25) is 0 Å². The summed E-state index contributed by atoms with van der Waals surface area (Å²) in [6.07, 6.45) is 1.12. The molecule has 0 radical (unpaired) electrons. The summed E-state index contributed by atoms with van der Waals surface area (Å²) >= 11 is 0. The Labute approximate surface area is 196 Å². The second-order valence-electron chi connectivity index (χ2n) is 8.05. The molecule has 1 aliphatic rings. The summed E-state index contributed by atoms with van der Waals surface area (Å²) in [4.78, 5) is 27.3. The topological polar surface area (TPSA) is 164 Å². The van der Waals surface area contributed by atoms with E-state index in [9.17, 15) is 19.3 Å². The summed E-state index contributed by atoms with van der Waals surface area (Å²) in [5.74, 6) is -1.83. The van der Waals surface area contributed by atoms with Crippen LogP contribution < -0.4 is 15.3 Å². The molecular weight excluding hydrogens is 467 g/mol. The average molecular weight is 496 g/mol. The summed E-state index contributed by atoms with van der Waals surface area (Å²) < 4.78 is 37.0. The van der Waals surface area contributed by atoms with Crippen molar-refractivity contribution in [2.45, 2.75) is 45.1 Å². The highest BCUT2D eigenvalue weighted by Crippen LogP contribution is 2.46. The lowest BCUT2D eigenvalue weighted by Gasteiger charge is -2.27. The van der Waals surface area contributed by atoms with Crippen molar-refractivity contribution in [3.63, 3.8) is 0 Å². The van der Waals surface area contributed by atoms with Gasteiger partial charge in [0.15, 0.2) is 5.69 Å². The number of amides is 1. The Bertz CT molecular complexity index is 1040. The van der Waals surface area contributed by atoms with E-state index in [4.69, 9.17) is 24.3 Å². The zero-order valence-electron chi connectivity index (χ0n) is 19.1. The second-order valence-corrected chi connectivity index (χ2v) is 9.74. The van der Waals surface area contributed by atoms with Gasteiger partial charge in [0.25, 0.3) is 5.91 Å². The number of esters is 1. The van der Waals surface area contributed by atoms with Crippen molar-refractivity contribution in [3.05, 3.63) is 42.4 Å². The number of para-hydroxylation sites is 1. The van der Waals surface area contributed by atoms with Crippen molar-refractivity contribution < 1.29 is 37.8 Å². The fourth-order valence-corrected chi connectivity index (χ4v) is 5.10. The van der Waals surface area contributed by atoms with Crippen LogP contribution in [0.25, 0.3) is 0 Å². The quantitative estimate of drug-likeness (QED) is 0.311. The number of benzene rings is 1. The molecular formula is C21H29N4O8P. The van der Waals surface area contributed by atoms with Crippen molar-refractivity contribution in [3.8, 4) is 11.6 Å². The molecule has 186 valence electrons. The van der Waals surface area contributed by atoms with Crippen molar-refractivity contribution in [1.29, 1.82) is 0 Å². The zero-order chi connectivity index (χ0) is 24.9. The van der Waals surface area contributed by atoms with Gasteiger partial charge in [0.1, 0.15) is 24.3 Å². The predicted molar refractivity (Wildman–Crippen MR) is 120 cm³/mol. The number of imidazole rings is 1. The highest BCUT2D eigenvalue weighted by Gasteiger charge is 2.38. The second kappa shape index (κ2) is 11.0. The Morgan fingerprint density at radius 1 is 1.32 bits per heavy atom. The molecule has 0 bridgehead atoms. The molecule has 1 unspecified atom stereocenters. The maximum Gasteiger partial charge on any atom is 0.459 e. The van der Waals surface area contributed by atoms with Gasteiger partial charge < -0.3 is 24.8 Å². The van der Waals surface area contributed by atoms with Gasteiger partial charge in [-0.1, -0.05) is 32.0 Å². The van der Waals surface area contributed by atoms with Gasteiger partial charge in [-0.3, -0.25) is 18.7 Å². The molecule has 0 spiro atoms. The Balaban J connectivity index is 1.71. The van der Waals surface area contributed by atoms with Gasteiger partial charge in [0.05, 0.1) is 19.8 Å². The molecule has 34 heavy (non-hydrogen) atoms. The molecule has 1 aromatic heterocycles. The Morgan fingerprint density at radius 2 is 2.03 bits per heavy atom. The molecule has 2 heterocycles. The molecule has 1 amide bonds. The van der Waals surface area contributed by atoms with Crippen molar-refractivity contribution in [1.82, 2.24) is 14.6 Å². The standard InChI is InChI=1S/C21H29N4O8P/c1-13(2)17(21(28)30-3)24-34(29,33-14-7-5-4-6-8-14)31-11-15-9-10-16(32-15)25-12-23-18(19(22)26)20(25)27/h4-8,12-13,15-17,27H,9-11H2,1-3H3,(H2,22,26)(H,24,29)/t15-,16+,17-,34?/m0/s1. The van der Waals surface area contributed by atoms with Crippen LogP contribution >= 0.6 is 7.75 Å². The highest BCUT2D eigenvalue weighted by atomic mass is 31.2. The summed E-state index contributed by atoms with van der Waals surface area (Å²) in [5.41, 5.74) is 4.93. The Morgan fingerprint density at radius 3 is 2.62 bits per heavy atom. The number of hydrogen-bond acceptors (Lipinski definition) is 9. The molecule has 2 aromatic rings. The highest BCUT2D eigenvalue weighted by molar-refractivity contribution is 7.52. The Hall–Kier alpha value is -2.92. The number of rotatable bonds is 11. The zero-order valence-corrected chi connectivity index (χ0v) is 20.0. The van der Waals surface area contributed by atoms with Crippen molar-refractivity contribution >= 4 is 19.6 Å². The first-order valence-electron chi connectivity index (χ1n) is 10.7. The minimum absolute atomic E-state index is 0.127. The van der Waals surface area contributed by atoms with E-state index in [0.29, 0.717) is 18.6 Å². The molecule has 4 N–H and O–H groups in total. The molecule has 3 rings (SSSR count). The summed E-state index contributed by atoms with van der Waals surface area (Å²) in [6.45, 7) is 3.41. The van der Waals surface area contributed by atoms with E-state index in [1.807, 2.05) is 0 Å². The third-order valence-electron chi connectivity index (χ3n) is 5.21. The molecule has 1 aromatic carbocycles. The number of methoxy groups -OCH3 is 1. The number of aromatic nitrogens is 2. The SMILES string of the molecule is COC(=O)[C@@H](NP(=O)(OC[C@@H]1CC[C@H](n2cnc(C(N)=O)c2O)O1)Oc1ccccc1)C(C)C. The number of aromatic hydroxyl groups is 1. The average Bonchev–Trinajstić information content (AvgIpc) is 3.42. The lowest BCUT2D eigenvalue weighted by Crippen LogP contribution is -2.41. The molecule has 0 aliphatic carbocycles. The normalized spacial score (nSPS) is 20.6. The molecule has 4 atom stereocenters. The lowest BCUT2D eigenvalue weighted by atomic mass is 10.1. The molecule has 1 aliphatic heterocycles. The maximum absolute atomic E-state index is 13.6. The van der Waals surface area contributed by atoms with Crippen LogP contribution in [0.15, 0.2) is 36.7 Å². The van der Waals surface area contributed by atoms with E-state index in [1.54, 1.807) is 44.2 Å². The van der Waals surface area contributed by atoms with E-state index in [-0.39, 0.29) is 18.2 Å². The third kappa shape index (κ3) is 6.15. The number of carbonyl (C=O) groups is 2. The molecule has 12 nitrogen and oxygen atoms in total. The maximum atomic E-state index is 13.6. The Kier molecular flexibility index (Phi) is 8.32. The van der Waals surface area contributed by atoms with Crippen molar-refractivity contribution in [2.24, 2.45) is 11.7 Å². The first-order valence-corrected chi connectivity index (χ1v) is 12.2. The van der Waals surface area contributed by atoms with E-state index >= 15 is 0 Å². The number of ether oxygens (including phenoxy) is 2. The van der Waals surface area contributed by atoms with Crippen LogP contribution in [0.4, 0.5) is 0 Å². The van der Waals surface area contributed by atoms with Gasteiger partial charge in [-0.15, -0.1) is 0 Å². The molecule has 1 saturated heterocycles. The van der Waals surface area contributed by atoms with E-state index in [1.165, 1.54) is 18.0 Å². The van der Waals surface area contributed by atoms with Gasteiger partial charge in [0.2, 0.25) is 5.88 Å². The first-order chi connectivity index (χ1) is 16.1. The molecule has 1 fully saturated rings. The fourth-order valence-electron chi connectivity index (χ4n) is 3.42. The van der Waals surface area contributed by atoms with Gasteiger partial charge in [-0.2, -0.15) is 5.09 Å². The van der Waals surface area contributed by atoms with Crippen molar-refractivity contribution in [2.75, 3.05) is 13.7 Å². The monoisotopic (exact) mass is 496 g/mol. The summed E-state index contributed by atoms with van der Waals surface area (Å²) in [7, 11) is -2.80. The van der Waals surface area contributed by atoms with Crippen LogP contribution in [0, 0.1) is 5.92 Å². The molecule has 0 saturated carbocycles. The number of hydrogen-bond donors (Lipinski definition) is 3. The number of carbonyl (C=O) groups excluding carboxylic acids is 2. The minimum Gasteiger partial charge on any atom is -0.493 e. The predicted octanol–water partition coefficient (Wildman–Crippen LogP) is 2.36. The minimum atomic E-state index is -4.04. The largest absolute Gasteiger partial charge is 0.493 e. The van der Waals surface area contributed by atoms with Gasteiger partial charge >= 0.3 is 13.7 Å². The number of nitrogens with zero attached hydrogens (tertiary/aromatic N) is 2. The third-order valence-corrected chi connectivity index (χ3v) is 6.75. The van der Waals surface area contributed by atoms with E-state index in [2.05, 4.69) is 10.1 Å². The number of nitrogens with one attached hydrogen (secondary N) is 1. The smallest absolute Gasteiger partial charge is 0.459 e. The summed E-state index contributed by atoms with van der Waals surface area (Å²) in [5, 5.41) is 12.9. The lowest BCUT2D eigenvalue weighted by molar-refractivity contribution is -0.143. The summed E-state index contributed by atoms with van der Waals surface area (Å²) in [6, 6.07) is 7.48. The van der Waals surface area contributed by atoms with Crippen LogP contribution in [0.1, 0.15) is 43.4 Å². The molecule has 13 heteroatoms. The van der Waals surface area contributed by atoms with Crippen LogP contribution in [-0.4, -0.2) is 52.4 Å². The van der Waals surface area contributed by atoms with E-state index in [0.717, 1.165) is 0 Å². The fraction of sp³-hybridized carbons (Fsp3) is 0.476. The van der Waals surface area contributed by atoms with Gasteiger partial charge in [-0.25, -0.2) is 9.55 Å². The van der Waals surface area contributed by atoms with Crippen LogP contribution in [0.5, 0.6) is 11.6 Å². The van der Waals surface area contributed by atoms with E-state index < -0.39 is 43.9 Å². The first kappa shape index (κ1) is 25.7. The van der Waals surface area contributed by atoms with Crippen LogP contribution in [0.3, 0.4) is 0 Å². The number of primary amides is 1. The number of nitrogens with two attached hydrogens (primary N) is 1. The van der Waals surface area contributed by atoms with Gasteiger partial charge in [-0.05, 0) is 30.9 Å².